The van der Waals surface area contributed by atoms with Crippen molar-refractivity contribution in [1.82, 2.24) is 9.97 Å². The number of nitrogens with one attached hydrogen (secondary N) is 1. The molecule has 0 unspecified atom stereocenters. The molecule has 6 heteroatoms. The number of nitrogens with zero attached hydrogens (tertiary/aromatic N) is 2. The fourth-order valence-corrected chi connectivity index (χ4v) is 3.38. The molecule has 0 radical (unpaired) electrons. The van der Waals surface area contributed by atoms with Gasteiger partial charge in [-0.15, -0.1) is 0 Å². The van der Waals surface area contributed by atoms with E-state index < -0.39 is 0 Å². The molecule has 0 saturated heterocycles. The molecule has 21 heavy (non-hydrogen) atoms. The van der Waals surface area contributed by atoms with E-state index in [2.05, 4.69) is 15.3 Å². The van der Waals surface area contributed by atoms with Gasteiger partial charge in [0.15, 0.2) is 5.82 Å². The SMILES string of the molecule is Nc1c(NC2CCCC2)ncnc1Sc1ccc(Cl)cc1. The molecule has 4 nitrogen and oxygen atoms in total. The third-order valence-corrected chi connectivity index (χ3v) is 4.85. The van der Waals surface area contributed by atoms with Gasteiger partial charge in [0.05, 0.1) is 0 Å². The number of nitrogen functional groups attached to an aromatic ring is 1. The Morgan fingerprint density at radius 3 is 2.57 bits per heavy atom. The molecule has 110 valence electrons. The van der Waals surface area contributed by atoms with E-state index in [-0.39, 0.29) is 0 Å². The molecule has 3 N–H and O–H groups in total. The maximum Gasteiger partial charge on any atom is 0.154 e. The Morgan fingerprint density at radius 2 is 1.86 bits per heavy atom. The normalized spacial score (nSPS) is 15.3. The number of benzene rings is 1. The van der Waals surface area contributed by atoms with E-state index in [1.54, 1.807) is 6.33 Å². The molecule has 1 aromatic heterocycles. The van der Waals surface area contributed by atoms with Gasteiger partial charge in [-0.2, -0.15) is 0 Å². The van der Waals surface area contributed by atoms with Gasteiger partial charge in [-0.05, 0) is 37.1 Å². The van der Waals surface area contributed by atoms with E-state index in [1.165, 1.54) is 37.4 Å². The Kier molecular flexibility index (Phi) is 4.51. The second-order valence-corrected chi connectivity index (χ2v) is 6.62. The molecule has 1 aromatic carbocycles. The van der Waals surface area contributed by atoms with E-state index in [1.807, 2.05) is 24.3 Å². The molecule has 1 saturated carbocycles. The van der Waals surface area contributed by atoms with E-state index in [0.29, 0.717) is 11.7 Å². The van der Waals surface area contributed by atoms with Gasteiger partial charge in [-0.3, -0.25) is 0 Å². The van der Waals surface area contributed by atoms with E-state index in [0.717, 1.165) is 20.8 Å². The van der Waals surface area contributed by atoms with Crippen LogP contribution in [0.1, 0.15) is 25.7 Å². The van der Waals surface area contributed by atoms with E-state index in [4.69, 9.17) is 17.3 Å². The second-order valence-electron chi connectivity index (χ2n) is 5.12. The summed E-state index contributed by atoms with van der Waals surface area (Å²) in [5.74, 6) is 0.744. The van der Waals surface area contributed by atoms with Crippen LogP contribution in [0.4, 0.5) is 11.5 Å². The first-order valence-corrected chi connectivity index (χ1v) is 8.22. The van der Waals surface area contributed by atoms with Gasteiger partial charge in [-0.25, -0.2) is 9.97 Å². The van der Waals surface area contributed by atoms with Crippen LogP contribution >= 0.6 is 23.4 Å². The zero-order valence-electron chi connectivity index (χ0n) is 11.6. The quantitative estimate of drug-likeness (QED) is 0.826. The molecule has 0 atom stereocenters. The van der Waals surface area contributed by atoms with Crippen LogP contribution in [0.25, 0.3) is 0 Å². The van der Waals surface area contributed by atoms with Crippen molar-refractivity contribution in [3.05, 3.63) is 35.6 Å². The lowest BCUT2D eigenvalue weighted by molar-refractivity contribution is 0.749. The highest BCUT2D eigenvalue weighted by Crippen LogP contribution is 2.34. The molecule has 0 aliphatic heterocycles. The summed E-state index contributed by atoms with van der Waals surface area (Å²) in [6.45, 7) is 0. The van der Waals surface area contributed by atoms with E-state index >= 15 is 0 Å². The van der Waals surface area contributed by atoms with Crippen LogP contribution in [0.15, 0.2) is 40.5 Å². The minimum Gasteiger partial charge on any atom is -0.394 e. The summed E-state index contributed by atoms with van der Waals surface area (Å²) in [7, 11) is 0. The van der Waals surface area contributed by atoms with Crippen molar-refractivity contribution in [2.45, 2.75) is 41.6 Å². The van der Waals surface area contributed by atoms with E-state index in [9.17, 15) is 0 Å². The average Bonchev–Trinajstić information content (AvgIpc) is 2.99. The van der Waals surface area contributed by atoms with Crippen molar-refractivity contribution in [1.29, 1.82) is 0 Å². The van der Waals surface area contributed by atoms with Gasteiger partial charge >= 0.3 is 0 Å². The van der Waals surface area contributed by atoms with Crippen molar-refractivity contribution >= 4 is 34.9 Å². The van der Waals surface area contributed by atoms with Gasteiger partial charge in [-0.1, -0.05) is 36.2 Å². The number of halogens is 1. The molecule has 2 aromatic rings. The number of hydrogen-bond acceptors (Lipinski definition) is 5. The summed E-state index contributed by atoms with van der Waals surface area (Å²) in [5.41, 5.74) is 6.82. The fraction of sp³-hybridized carbons (Fsp3) is 0.333. The Hall–Kier alpha value is -1.46. The Morgan fingerprint density at radius 1 is 1.14 bits per heavy atom. The maximum atomic E-state index is 6.20. The van der Waals surface area contributed by atoms with Crippen LogP contribution in [0.3, 0.4) is 0 Å². The maximum absolute atomic E-state index is 6.20. The Bertz CT molecular complexity index is 612. The van der Waals surface area contributed by atoms with Crippen LogP contribution in [0, 0.1) is 0 Å². The predicted octanol–water partition coefficient (Wildman–Crippen LogP) is 4.22. The predicted molar refractivity (Wildman–Crippen MR) is 87.9 cm³/mol. The number of rotatable bonds is 4. The molecular weight excluding hydrogens is 304 g/mol. The summed E-state index contributed by atoms with van der Waals surface area (Å²) in [6, 6.07) is 8.12. The average molecular weight is 321 g/mol. The lowest BCUT2D eigenvalue weighted by atomic mass is 10.2. The first kappa shape index (κ1) is 14.5. The molecule has 0 spiro atoms. The largest absolute Gasteiger partial charge is 0.394 e. The minimum atomic E-state index is 0.482. The Labute approximate surface area is 133 Å². The van der Waals surface area contributed by atoms with Gasteiger partial charge in [0.2, 0.25) is 0 Å². The highest BCUT2D eigenvalue weighted by Gasteiger charge is 2.17. The van der Waals surface area contributed by atoms with Crippen molar-refractivity contribution in [2.24, 2.45) is 0 Å². The summed E-state index contributed by atoms with van der Waals surface area (Å²) >= 11 is 7.42. The zero-order valence-corrected chi connectivity index (χ0v) is 13.1. The lowest BCUT2D eigenvalue weighted by Gasteiger charge is -2.15. The molecule has 1 fully saturated rings. The molecule has 1 aliphatic rings. The third-order valence-electron chi connectivity index (χ3n) is 3.57. The molecule has 3 rings (SSSR count). The smallest absolute Gasteiger partial charge is 0.154 e. The van der Waals surface area contributed by atoms with Crippen LogP contribution < -0.4 is 11.1 Å². The molecule has 0 bridgehead atoms. The summed E-state index contributed by atoms with van der Waals surface area (Å²) in [4.78, 5) is 9.61. The summed E-state index contributed by atoms with van der Waals surface area (Å²) in [6.07, 6.45) is 6.47. The van der Waals surface area contributed by atoms with Gasteiger partial charge < -0.3 is 11.1 Å². The molecule has 1 heterocycles. The van der Waals surface area contributed by atoms with Crippen molar-refractivity contribution in [2.75, 3.05) is 11.1 Å². The molecule has 1 aliphatic carbocycles. The number of anilines is 2. The monoisotopic (exact) mass is 320 g/mol. The first-order valence-electron chi connectivity index (χ1n) is 7.03. The number of hydrogen-bond donors (Lipinski definition) is 2. The van der Waals surface area contributed by atoms with Crippen molar-refractivity contribution in [3.63, 3.8) is 0 Å². The highest BCUT2D eigenvalue weighted by molar-refractivity contribution is 7.99. The highest BCUT2D eigenvalue weighted by atomic mass is 35.5. The summed E-state index contributed by atoms with van der Waals surface area (Å²) in [5, 5.41) is 4.93. The lowest BCUT2D eigenvalue weighted by Crippen LogP contribution is -2.17. The van der Waals surface area contributed by atoms with Crippen LogP contribution in [-0.4, -0.2) is 16.0 Å². The van der Waals surface area contributed by atoms with Gasteiger partial charge in [0.25, 0.3) is 0 Å². The fourth-order valence-electron chi connectivity index (χ4n) is 2.45. The third kappa shape index (κ3) is 3.60. The van der Waals surface area contributed by atoms with Gasteiger partial charge in [0, 0.05) is 16.0 Å². The van der Waals surface area contributed by atoms with Crippen LogP contribution in [0.2, 0.25) is 5.02 Å². The Balaban J connectivity index is 1.77. The van der Waals surface area contributed by atoms with Gasteiger partial charge in [0.1, 0.15) is 17.0 Å². The zero-order chi connectivity index (χ0) is 14.7. The molecular formula is C15H17ClN4S. The van der Waals surface area contributed by atoms with Crippen LogP contribution in [-0.2, 0) is 0 Å². The first-order chi connectivity index (χ1) is 10.2. The van der Waals surface area contributed by atoms with Crippen molar-refractivity contribution < 1.29 is 0 Å². The minimum absolute atomic E-state index is 0.482. The number of nitrogens with two attached hydrogens (primary N) is 1. The second kappa shape index (κ2) is 6.54. The van der Waals surface area contributed by atoms with Crippen LogP contribution in [0.5, 0.6) is 0 Å². The molecule has 0 amide bonds. The standard InChI is InChI=1S/C15H17ClN4S/c16-10-5-7-12(8-6-10)21-15-13(17)14(18-9-19-15)20-11-3-1-2-4-11/h5-9,11H,1-4,17H2,(H,18,19,20). The topological polar surface area (TPSA) is 63.8 Å². The summed E-state index contributed by atoms with van der Waals surface area (Å²) < 4.78 is 0. The number of aromatic nitrogens is 2. The van der Waals surface area contributed by atoms with Crippen molar-refractivity contribution in [3.8, 4) is 0 Å².